The fourth-order valence-corrected chi connectivity index (χ4v) is 2.46. The third-order valence-corrected chi connectivity index (χ3v) is 3.71. The summed E-state index contributed by atoms with van der Waals surface area (Å²) in [6.45, 7) is 0.784. The summed E-state index contributed by atoms with van der Waals surface area (Å²) in [5, 5.41) is 9.28. The summed E-state index contributed by atoms with van der Waals surface area (Å²) in [5.74, 6) is 1.43. The van der Waals surface area contributed by atoms with Gasteiger partial charge in [0.1, 0.15) is 5.75 Å². The molecule has 0 bridgehead atoms. The number of benzene rings is 1. The molecule has 1 aliphatic carbocycles. The molecule has 88 valence electrons. The van der Waals surface area contributed by atoms with E-state index in [1.54, 1.807) is 7.11 Å². The molecule has 3 heteroatoms. The van der Waals surface area contributed by atoms with E-state index in [4.69, 9.17) is 10.5 Å². The van der Waals surface area contributed by atoms with Crippen LogP contribution < -0.4 is 10.5 Å². The van der Waals surface area contributed by atoms with E-state index in [2.05, 4.69) is 12.1 Å². The molecule has 0 saturated heterocycles. The molecule has 16 heavy (non-hydrogen) atoms. The van der Waals surface area contributed by atoms with Crippen molar-refractivity contribution in [3.8, 4) is 5.75 Å². The molecule has 0 unspecified atom stereocenters. The van der Waals surface area contributed by atoms with Crippen molar-refractivity contribution in [1.82, 2.24) is 0 Å². The van der Waals surface area contributed by atoms with Crippen molar-refractivity contribution in [1.29, 1.82) is 0 Å². The minimum absolute atomic E-state index is 0.0232. The summed E-state index contributed by atoms with van der Waals surface area (Å²) in [7, 11) is 1.67. The van der Waals surface area contributed by atoms with Gasteiger partial charge >= 0.3 is 0 Å². The molecule has 3 N–H and O–H groups in total. The van der Waals surface area contributed by atoms with Crippen LogP contribution in [-0.4, -0.2) is 25.4 Å². The Hall–Kier alpha value is -1.06. The van der Waals surface area contributed by atoms with E-state index in [0.717, 1.165) is 18.6 Å². The Morgan fingerprint density at radius 2 is 2.00 bits per heavy atom. The second kappa shape index (κ2) is 4.44. The van der Waals surface area contributed by atoms with Crippen LogP contribution >= 0.6 is 0 Å². The number of rotatable bonds is 4. The van der Waals surface area contributed by atoms with Crippen molar-refractivity contribution in [3.63, 3.8) is 0 Å². The normalized spacial score (nSPS) is 28.6. The van der Waals surface area contributed by atoms with Gasteiger partial charge in [0.25, 0.3) is 0 Å². The van der Waals surface area contributed by atoms with Gasteiger partial charge in [-0.25, -0.2) is 0 Å². The number of nitrogens with two attached hydrogens (primary N) is 1. The number of hydrogen-bond donors (Lipinski definition) is 2. The van der Waals surface area contributed by atoms with Gasteiger partial charge in [0.05, 0.1) is 7.11 Å². The first-order chi connectivity index (χ1) is 7.73. The first-order valence-electron chi connectivity index (χ1n) is 5.68. The minimum atomic E-state index is -0.0232. The second-order valence-corrected chi connectivity index (χ2v) is 4.74. The lowest BCUT2D eigenvalue weighted by molar-refractivity contribution is 0.0337. The SMILES string of the molecule is COc1ccc(C2CC(CN)(CO)C2)cc1. The Morgan fingerprint density at radius 3 is 2.44 bits per heavy atom. The average molecular weight is 221 g/mol. The van der Waals surface area contributed by atoms with Gasteiger partial charge in [-0.05, 0) is 36.5 Å². The highest BCUT2D eigenvalue weighted by molar-refractivity contribution is 5.31. The van der Waals surface area contributed by atoms with Crippen molar-refractivity contribution < 1.29 is 9.84 Å². The summed E-state index contributed by atoms with van der Waals surface area (Å²) in [4.78, 5) is 0. The fourth-order valence-electron chi connectivity index (χ4n) is 2.46. The standard InChI is InChI=1S/C13H19NO2/c1-16-12-4-2-10(3-5-12)11-6-13(7-11,8-14)9-15/h2-5,11,15H,6-9,14H2,1H3. The molecule has 0 heterocycles. The van der Waals surface area contributed by atoms with Gasteiger partial charge in [0.2, 0.25) is 0 Å². The summed E-state index contributed by atoms with van der Waals surface area (Å²) < 4.78 is 5.12. The molecule has 0 amide bonds. The molecule has 1 aromatic rings. The van der Waals surface area contributed by atoms with Crippen LogP contribution in [0.2, 0.25) is 0 Å². The van der Waals surface area contributed by atoms with Gasteiger partial charge < -0.3 is 15.6 Å². The van der Waals surface area contributed by atoms with Crippen molar-refractivity contribution in [2.45, 2.75) is 18.8 Å². The van der Waals surface area contributed by atoms with Crippen LogP contribution in [0.5, 0.6) is 5.75 Å². The maximum Gasteiger partial charge on any atom is 0.118 e. The zero-order chi connectivity index (χ0) is 11.6. The third-order valence-electron chi connectivity index (χ3n) is 3.71. The highest BCUT2D eigenvalue weighted by Gasteiger charge is 2.43. The van der Waals surface area contributed by atoms with E-state index in [1.807, 2.05) is 12.1 Å². The van der Waals surface area contributed by atoms with Crippen molar-refractivity contribution in [2.75, 3.05) is 20.3 Å². The largest absolute Gasteiger partial charge is 0.497 e. The number of methoxy groups -OCH3 is 1. The summed E-state index contributed by atoms with van der Waals surface area (Å²) in [5.41, 5.74) is 6.98. The average Bonchev–Trinajstić information content (AvgIpc) is 2.30. The zero-order valence-electron chi connectivity index (χ0n) is 9.65. The predicted molar refractivity (Wildman–Crippen MR) is 63.5 cm³/mol. The number of hydrogen-bond acceptors (Lipinski definition) is 3. The molecule has 0 atom stereocenters. The molecular formula is C13H19NO2. The first-order valence-corrected chi connectivity index (χ1v) is 5.68. The van der Waals surface area contributed by atoms with Crippen LogP contribution in [0.4, 0.5) is 0 Å². The minimum Gasteiger partial charge on any atom is -0.497 e. The van der Waals surface area contributed by atoms with Crippen molar-refractivity contribution in [2.24, 2.45) is 11.1 Å². The maximum absolute atomic E-state index is 9.28. The molecule has 0 aliphatic heterocycles. The molecule has 0 radical (unpaired) electrons. The van der Waals surface area contributed by atoms with Crippen LogP contribution in [-0.2, 0) is 0 Å². The number of aliphatic hydroxyl groups is 1. The number of ether oxygens (including phenoxy) is 1. The van der Waals surface area contributed by atoms with Gasteiger partial charge in [0.15, 0.2) is 0 Å². The van der Waals surface area contributed by atoms with Crippen LogP contribution in [0.3, 0.4) is 0 Å². The Morgan fingerprint density at radius 1 is 1.38 bits per heavy atom. The Bertz CT molecular complexity index is 335. The zero-order valence-corrected chi connectivity index (χ0v) is 9.65. The summed E-state index contributed by atoms with van der Waals surface area (Å²) in [6.07, 6.45) is 1.98. The van der Waals surface area contributed by atoms with Gasteiger partial charge in [-0.3, -0.25) is 0 Å². The monoisotopic (exact) mass is 221 g/mol. The van der Waals surface area contributed by atoms with Gasteiger partial charge in [-0.15, -0.1) is 0 Å². The third kappa shape index (κ3) is 1.93. The van der Waals surface area contributed by atoms with E-state index in [0.29, 0.717) is 12.5 Å². The Kier molecular flexibility index (Phi) is 3.17. The highest BCUT2D eigenvalue weighted by Crippen LogP contribution is 2.50. The van der Waals surface area contributed by atoms with Crippen LogP contribution in [0.15, 0.2) is 24.3 Å². The van der Waals surface area contributed by atoms with Crippen molar-refractivity contribution in [3.05, 3.63) is 29.8 Å². The van der Waals surface area contributed by atoms with Gasteiger partial charge in [0, 0.05) is 18.6 Å². The fraction of sp³-hybridized carbons (Fsp3) is 0.538. The lowest BCUT2D eigenvalue weighted by Gasteiger charge is -2.46. The lowest BCUT2D eigenvalue weighted by Crippen LogP contribution is -2.44. The lowest BCUT2D eigenvalue weighted by atomic mass is 9.60. The van der Waals surface area contributed by atoms with Gasteiger partial charge in [-0.1, -0.05) is 12.1 Å². The van der Waals surface area contributed by atoms with E-state index >= 15 is 0 Å². The van der Waals surface area contributed by atoms with E-state index in [-0.39, 0.29) is 12.0 Å². The van der Waals surface area contributed by atoms with E-state index in [1.165, 1.54) is 5.56 Å². The molecule has 1 aliphatic rings. The van der Waals surface area contributed by atoms with Crippen molar-refractivity contribution >= 4 is 0 Å². The number of aliphatic hydroxyl groups excluding tert-OH is 1. The van der Waals surface area contributed by atoms with Gasteiger partial charge in [-0.2, -0.15) is 0 Å². The topological polar surface area (TPSA) is 55.5 Å². The smallest absolute Gasteiger partial charge is 0.118 e. The Balaban J connectivity index is 2.00. The molecule has 3 nitrogen and oxygen atoms in total. The summed E-state index contributed by atoms with van der Waals surface area (Å²) >= 11 is 0. The molecule has 1 fully saturated rings. The molecule has 1 saturated carbocycles. The second-order valence-electron chi connectivity index (χ2n) is 4.74. The van der Waals surface area contributed by atoms with E-state index in [9.17, 15) is 5.11 Å². The molecule has 1 aromatic carbocycles. The van der Waals surface area contributed by atoms with E-state index < -0.39 is 0 Å². The molecular weight excluding hydrogens is 202 g/mol. The maximum atomic E-state index is 9.28. The quantitative estimate of drug-likeness (QED) is 0.810. The summed E-state index contributed by atoms with van der Waals surface area (Å²) in [6, 6.07) is 8.16. The highest BCUT2D eigenvalue weighted by atomic mass is 16.5. The first kappa shape index (κ1) is 11.4. The predicted octanol–water partition coefficient (Wildman–Crippen LogP) is 1.51. The molecule has 0 spiro atoms. The Labute approximate surface area is 96.2 Å². The molecule has 0 aromatic heterocycles. The van der Waals surface area contributed by atoms with Crippen LogP contribution in [0.25, 0.3) is 0 Å². The van der Waals surface area contributed by atoms with Crippen LogP contribution in [0, 0.1) is 5.41 Å². The van der Waals surface area contributed by atoms with Crippen LogP contribution in [0.1, 0.15) is 24.3 Å². The molecule has 2 rings (SSSR count).